The van der Waals surface area contributed by atoms with Crippen molar-refractivity contribution in [2.24, 2.45) is 0 Å². The molecule has 1 unspecified atom stereocenters. The first-order chi connectivity index (χ1) is 22.8. The minimum Gasteiger partial charge on any atom is -0.300 e. The number of nitrogens with zero attached hydrogens (tertiary/aromatic N) is 2. The van der Waals surface area contributed by atoms with Crippen LogP contribution in [0.2, 0.25) is 39.3 Å². The highest BCUT2D eigenvalue weighted by atomic mass is 31.1. The molecule has 49 heavy (non-hydrogen) atoms. The minimum atomic E-state index is -1.50. The second-order valence-corrected chi connectivity index (χ2v) is 33.4. The Morgan fingerprint density at radius 3 is 1.55 bits per heavy atom. The fourth-order valence-corrected chi connectivity index (χ4v) is 16.3. The molecule has 3 aromatic carbocycles. The molecule has 3 heterocycles. The van der Waals surface area contributed by atoms with E-state index in [9.17, 15) is 4.79 Å². The molecule has 1 saturated heterocycles. The van der Waals surface area contributed by atoms with Gasteiger partial charge in [-0.3, -0.25) is 14.8 Å². The van der Waals surface area contributed by atoms with Gasteiger partial charge in [-0.25, -0.2) is 0 Å². The smallest absolute Gasteiger partial charge is 0.134 e. The van der Waals surface area contributed by atoms with Gasteiger partial charge >= 0.3 is 0 Å². The number of fused-ring (bicyclic) bond motifs is 2. The van der Waals surface area contributed by atoms with E-state index in [0.29, 0.717) is 18.6 Å². The van der Waals surface area contributed by atoms with Gasteiger partial charge in [-0.2, -0.15) is 0 Å². The Bertz CT molecular complexity index is 1960. The lowest BCUT2D eigenvalue weighted by atomic mass is 9.87. The third-order valence-corrected chi connectivity index (χ3v) is 17.3. The molecule has 0 N–H and O–H groups in total. The highest BCUT2D eigenvalue weighted by molar-refractivity contribution is 7.69. The first-order valence-electron chi connectivity index (χ1n) is 17.8. The second-order valence-electron chi connectivity index (χ2n) is 18.1. The SMILES string of the molecule is CC1(C)CC(=O)CC(C)(C)P1c1cc(C[Si](C)(C)C)c(C[Si](C)(C)C)cc1C(P)(c1ccc2ccccc2n1)c1ccc2ccccc2n1. The van der Waals surface area contributed by atoms with Gasteiger partial charge in [0, 0.05) is 39.8 Å². The van der Waals surface area contributed by atoms with E-state index in [-0.39, 0.29) is 10.3 Å². The predicted octanol–water partition coefficient (Wildman–Crippen LogP) is 10.8. The van der Waals surface area contributed by atoms with Crippen LogP contribution in [0.25, 0.3) is 21.8 Å². The van der Waals surface area contributed by atoms with Crippen LogP contribution >= 0.6 is 17.2 Å². The molecule has 5 aromatic rings. The lowest BCUT2D eigenvalue weighted by Gasteiger charge is -2.51. The average molecular weight is 721 g/mol. The van der Waals surface area contributed by atoms with Crippen LogP contribution in [-0.2, 0) is 22.0 Å². The van der Waals surface area contributed by atoms with Gasteiger partial charge in [-0.1, -0.05) is 136 Å². The molecule has 0 bridgehead atoms. The summed E-state index contributed by atoms with van der Waals surface area (Å²) in [5.74, 6) is 0.387. The molecule has 7 heteroatoms. The number of pyridine rings is 2. The predicted molar refractivity (Wildman–Crippen MR) is 223 cm³/mol. The normalized spacial score (nSPS) is 17.2. The van der Waals surface area contributed by atoms with E-state index in [1.807, 2.05) is 0 Å². The zero-order chi connectivity index (χ0) is 35.6. The molecule has 0 aliphatic carbocycles. The third-order valence-electron chi connectivity index (χ3n) is 9.90. The van der Waals surface area contributed by atoms with Gasteiger partial charge in [-0.15, -0.1) is 9.24 Å². The van der Waals surface area contributed by atoms with E-state index in [0.717, 1.165) is 45.3 Å². The summed E-state index contributed by atoms with van der Waals surface area (Å²) in [5, 5.41) is 2.66. The molecule has 1 aliphatic rings. The van der Waals surface area contributed by atoms with Gasteiger partial charge in [-0.05, 0) is 68.7 Å². The maximum absolute atomic E-state index is 13.3. The van der Waals surface area contributed by atoms with Gasteiger partial charge in [0.05, 0.1) is 27.6 Å². The van der Waals surface area contributed by atoms with Crippen LogP contribution in [0.5, 0.6) is 0 Å². The molecule has 2 aromatic heterocycles. The van der Waals surface area contributed by atoms with Crippen LogP contribution < -0.4 is 5.30 Å². The van der Waals surface area contributed by atoms with Gasteiger partial charge in [0.25, 0.3) is 0 Å². The fraction of sp³-hybridized carbons (Fsp3) is 0.405. The quantitative estimate of drug-likeness (QED) is 0.118. The number of carbonyl (C=O) groups is 1. The molecule has 6 rings (SSSR count). The molecular weight excluding hydrogens is 667 g/mol. The lowest BCUT2D eigenvalue weighted by molar-refractivity contribution is -0.120. The number of benzene rings is 3. The average Bonchev–Trinajstić information content (AvgIpc) is 2.98. The maximum atomic E-state index is 13.3. The number of hydrogen-bond donors (Lipinski definition) is 0. The highest BCUT2D eigenvalue weighted by Gasteiger charge is 2.50. The van der Waals surface area contributed by atoms with Crippen molar-refractivity contribution in [3.8, 4) is 0 Å². The maximum Gasteiger partial charge on any atom is 0.134 e. The first kappa shape index (κ1) is 36.2. The monoisotopic (exact) mass is 720 g/mol. The summed E-state index contributed by atoms with van der Waals surface area (Å²) < 4.78 is 0. The lowest BCUT2D eigenvalue weighted by Crippen LogP contribution is -2.45. The standard InChI is InChI=1S/C42H54N2OP2Si2/c1-40(2)25-33(45)26-41(3,4)47(40)37-24-32(28-49(8,9)10)31(27-48(5,6)7)23-34(37)42(46,38-21-19-29-15-11-13-17-35(29)43-38)39-22-20-30-16-12-14-18-36(30)44-39/h11-24H,25-28,46H2,1-10H3. The Balaban J connectivity index is 1.76. The van der Waals surface area contributed by atoms with Crippen LogP contribution in [0.4, 0.5) is 0 Å². The summed E-state index contributed by atoms with van der Waals surface area (Å²) in [6, 6.07) is 33.2. The highest BCUT2D eigenvalue weighted by Crippen LogP contribution is 2.66. The zero-order valence-corrected chi connectivity index (χ0v) is 35.3. The van der Waals surface area contributed by atoms with Crippen LogP contribution in [0.3, 0.4) is 0 Å². The Morgan fingerprint density at radius 2 is 1.10 bits per heavy atom. The van der Waals surface area contributed by atoms with Crippen molar-refractivity contribution < 1.29 is 4.79 Å². The van der Waals surface area contributed by atoms with Crippen LogP contribution in [0.15, 0.2) is 84.9 Å². The van der Waals surface area contributed by atoms with Gasteiger partial charge in [0.1, 0.15) is 5.78 Å². The number of Topliss-reactive ketones (excluding diaryl/α,β-unsaturated/α-hetero) is 1. The molecule has 1 aliphatic heterocycles. The number of aromatic nitrogens is 2. The van der Waals surface area contributed by atoms with Gasteiger partial charge in [0.15, 0.2) is 0 Å². The molecule has 0 saturated carbocycles. The molecule has 0 spiro atoms. The number of para-hydroxylation sites is 2. The molecule has 0 amide bonds. The Morgan fingerprint density at radius 1 is 0.673 bits per heavy atom. The van der Waals surface area contributed by atoms with Crippen molar-refractivity contribution in [3.63, 3.8) is 0 Å². The van der Waals surface area contributed by atoms with Crippen molar-refractivity contribution >= 4 is 66.2 Å². The van der Waals surface area contributed by atoms with Crippen LogP contribution in [0.1, 0.15) is 68.6 Å². The Hall–Kier alpha value is -2.56. The molecule has 1 fully saturated rings. The van der Waals surface area contributed by atoms with E-state index in [1.165, 1.54) is 22.0 Å². The fourth-order valence-electron chi connectivity index (χ4n) is 8.28. The van der Waals surface area contributed by atoms with Crippen molar-refractivity contribution in [3.05, 3.63) is 113 Å². The number of ketones is 1. The van der Waals surface area contributed by atoms with Crippen molar-refractivity contribution in [2.45, 2.75) is 107 Å². The Labute approximate surface area is 300 Å². The molecule has 256 valence electrons. The molecule has 1 atom stereocenters. The molecule has 0 radical (unpaired) electrons. The zero-order valence-electron chi connectivity index (χ0n) is 31.2. The largest absolute Gasteiger partial charge is 0.300 e. The summed E-state index contributed by atoms with van der Waals surface area (Å²) >= 11 is 0. The van der Waals surface area contributed by atoms with E-state index >= 15 is 0 Å². The topological polar surface area (TPSA) is 42.9 Å². The van der Waals surface area contributed by atoms with Gasteiger partial charge in [0.2, 0.25) is 0 Å². The van der Waals surface area contributed by atoms with Crippen LogP contribution in [0, 0.1) is 0 Å². The summed E-state index contributed by atoms with van der Waals surface area (Å²) in [7, 11) is -0.426. The first-order valence-corrected chi connectivity index (χ1v) is 27.1. The summed E-state index contributed by atoms with van der Waals surface area (Å²) in [4.78, 5) is 24.2. The van der Waals surface area contributed by atoms with Crippen molar-refractivity contribution in [1.82, 2.24) is 9.97 Å². The summed E-state index contributed by atoms with van der Waals surface area (Å²) in [5.41, 5.74) is 8.25. The molecule has 3 nitrogen and oxygen atoms in total. The van der Waals surface area contributed by atoms with E-state index in [4.69, 9.17) is 9.97 Å². The van der Waals surface area contributed by atoms with E-state index in [2.05, 4.69) is 161 Å². The number of carbonyl (C=O) groups excluding carboxylic acids is 1. The third kappa shape index (κ3) is 7.43. The number of hydrogen-bond acceptors (Lipinski definition) is 3. The summed E-state index contributed by atoms with van der Waals surface area (Å²) in [6.07, 6.45) is 1.24. The van der Waals surface area contributed by atoms with Crippen molar-refractivity contribution in [2.75, 3.05) is 0 Å². The van der Waals surface area contributed by atoms with E-state index in [1.54, 1.807) is 0 Å². The Kier molecular flexibility index (Phi) is 9.54. The second kappa shape index (κ2) is 12.9. The van der Waals surface area contributed by atoms with Crippen molar-refractivity contribution in [1.29, 1.82) is 0 Å². The van der Waals surface area contributed by atoms with Gasteiger partial charge < -0.3 is 0 Å². The number of rotatable bonds is 8. The minimum absolute atomic E-state index is 0.154. The van der Waals surface area contributed by atoms with Crippen LogP contribution in [-0.4, -0.2) is 42.2 Å². The summed E-state index contributed by atoms with van der Waals surface area (Å²) in [6.45, 7) is 24.4. The van der Waals surface area contributed by atoms with E-state index < -0.39 is 29.2 Å². The molecular formula is C42H54N2OP2Si2.